The fourth-order valence-corrected chi connectivity index (χ4v) is 4.26. The average Bonchev–Trinajstić information content (AvgIpc) is 3.36. The van der Waals surface area contributed by atoms with Gasteiger partial charge in [-0.15, -0.1) is 5.10 Å². The van der Waals surface area contributed by atoms with Crippen molar-refractivity contribution in [2.45, 2.75) is 26.2 Å². The summed E-state index contributed by atoms with van der Waals surface area (Å²) in [7, 11) is 3.21. The highest BCUT2D eigenvalue weighted by atomic mass is 32.1. The van der Waals surface area contributed by atoms with Crippen LogP contribution in [-0.2, 0) is 0 Å². The fraction of sp³-hybridized carbons (Fsp3) is 0.292. The predicted octanol–water partition coefficient (Wildman–Crippen LogP) is 3.95. The molecule has 4 rings (SSSR count). The molecular formula is C24H25N3O4S. The van der Waals surface area contributed by atoms with E-state index in [2.05, 4.69) is 17.0 Å². The van der Waals surface area contributed by atoms with Gasteiger partial charge in [0.25, 0.3) is 5.56 Å². The zero-order valence-electron chi connectivity index (χ0n) is 18.3. The van der Waals surface area contributed by atoms with E-state index >= 15 is 0 Å². The SMILES string of the molecule is CCCCCOc1ccc(/C=c2/sc3nc(-c4ccccc4OC)nn3c2=O)cc1OC. The number of methoxy groups -OCH3 is 2. The van der Waals surface area contributed by atoms with Crippen LogP contribution < -0.4 is 24.3 Å². The maximum Gasteiger partial charge on any atom is 0.291 e. The first-order valence-electron chi connectivity index (χ1n) is 10.5. The second-order valence-corrected chi connectivity index (χ2v) is 8.22. The van der Waals surface area contributed by atoms with Crippen LogP contribution in [0.3, 0.4) is 0 Å². The summed E-state index contributed by atoms with van der Waals surface area (Å²) in [6, 6.07) is 13.1. The van der Waals surface area contributed by atoms with Gasteiger partial charge in [-0.2, -0.15) is 9.50 Å². The van der Waals surface area contributed by atoms with Gasteiger partial charge in [0.1, 0.15) is 5.75 Å². The third kappa shape index (κ3) is 4.45. The minimum absolute atomic E-state index is 0.211. The average molecular weight is 452 g/mol. The first-order chi connectivity index (χ1) is 15.6. The Morgan fingerprint density at radius 2 is 1.84 bits per heavy atom. The van der Waals surface area contributed by atoms with Crippen molar-refractivity contribution in [3.05, 3.63) is 62.9 Å². The second-order valence-electron chi connectivity index (χ2n) is 7.21. The summed E-state index contributed by atoms with van der Waals surface area (Å²) in [6.45, 7) is 2.81. The number of fused-ring (bicyclic) bond motifs is 1. The van der Waals surface area contributed by atoms with Gasteiger partial charge in [0.2, 0.25) is 4.96 Å². The van der Waals surface area contributed by atoms with Crippen molar-refractivity contribution in [3.63, 3.8) is 0 Å². The molecule has 8 heteroatoms. The van der Waals surface area contributed by atoms with Gasteiger partial charge in [-0.3, -0.25) is 4.79 Å². The van der Waals surface area contributed by atoms with Gasteiger partial charge >= 0.3 is 0 Å². The largest absolute Gasteiger partial charge is 0.496 e. The minimum Gasteiger partial charge on any atom is -0.496 e. The number of ether oxygens (including phenoxy) is 3. The highest BCUT2D eigenvalue weighted by Crippen LogP contribution is 2.29. The van der Waals surface area contributed by atoms with Crippen molar-refractivity contribution in [3.8, 4) is 28.6 Å². The van der Waals surface area contributed by atoms with Gasteiger partial charge in [-0.25, -0.2) is 0 Å². The van der Waals surface area contributed by atoms with Crippen LogP contribution in [0.5, 0.6) is 17.2 Å². The van der Waals surface area contributed by atoms with Crippen LogP contribution in [0.1, 0.15) is 31.7 Å². The van der Waals surface area contributed by atoms with Crippen LogP contribution in [0.4, 0.5) is 0 Å². The van der Waals surface area contributed by atoms with Crippen molar-refractivity contribution in [2.24, 2.45) is 0 Å². The minimum atomic E-state index is -0.211. The van der Waals surface area contributed by atoms with E-state index in [1.807, 2.05) is 48.5 Å². The Morgan fingerprint density at radius 3 is 2.59 bits per heavy atom. The summed E-state index contributed by atoms with van der Waals surface area (Å²) >= 11 is 1.29. The summed E-state index contributed by atoms with van der Waals surface area (Å²) in [5.74, 6) is 2.46. The molecule has 0 saturated carbocycles. The number of aromatic nitrogens is 3. The Hall–Kier alpha value is -3.39. The lowest BCUT2D eigenvalue weighted by molar-refractivity contribution is 0.286. The van der Waals surface area contributed by atoms with Crippen molar-refractivity contribution in [1.82, 2.24) is 14.6 Å². The molecule has 0 spiro atoms. The van der Waals surface area contributed by atoms with Crippen LogP contribution >= 0.6 is 11.3 Å². The zero-order valence-corrected chi connectivity index (χ0v) is 19.1. The molecular weight excluding hydrogens is 426 g/mol. The van der Waals surface area contributed by atoms with Gasteiger partial charge in [-0.1, -0.05) is 49.3 Å². The first-order valence-corrected chi connectivity index (χ1v) is 11.3. The van der Waals surface area contributed by atoms with E-state index in [1.165, 1.54) is 15.9 Å². The molecule has 2 heterocycles. The maximum absolute atomic E-state index is 12.9. The molecule has 0 aliphatic carbocycles. The summed E-state index contributed by atoms with van der Waals surface area (Å²) in [6.07, 6.45) is 5.10. The Morgan fingerprint density at radius 1 is 1.03 bits per heavy atom. The third-order valence-corrected chi connectivity index (χ3v) is 5.98. The highest BCUT2D eigenvalue weighted by Gasteiger charge is 2.15. The molecule has 166 valence electrons. The molecule has 2 aromatic heterocycles. The van der Waals surface area contributed by atoms with Gasteiger partial charge in [0.05, 0.1) is 30.9 Å². The molecule has 2 aromatic carbocycles. The van der Waals surface area contributed by atoms with Crippen molar-refractivity contribution >= 4 is 22.4 Å². The van der Waals surface area contributed by atoms with Crippen molar-refractivity contribution < 1.29 is 14.2 Å². The molecule has 0 aliphatic rings. The number of rotatable bonds is 9. The highest BCUT2D eigenvalue weighted by molar-refractivity contribution is 7.15. The Bertz CT molecular complexity index is 1330. The normalized spacial score (nSPS) is 11.8. The van der Waals surface area contributed by atoms with E-state index in [9.17, 15) is 4.79 Å². The van der Waals surface area contributed by atoms with Crippen molar-refractivity contribution in [1.29, 1.82) is 0 Å². The molecule has 0 amide bonds. The van der Waals surface area contributed by atoms with Gasteiger partial charge in [0.15, 0.2) is 17.3 Å². The number of benzene rings is 2. The number of unbranched alkanes of at least 4 members (excludes halogenated alkanes) is 2. The molecule has 0 aliphatic heterocycles. The Kier molecular flexibility index (Phi) is 6.70. The third-order valence-electron chi connectivity index (χ3n) is 5.02. The first kappa shape index (κ1) is 21.8. The van der Waals surface area contributed by atoms with E-state index in [4.69, 9.17) is 14.2 Å². The molecule has 0 fully saturated rings. The molecule has 0 N–H and O–H groups in total. The van der Waals surface area contributed by atoms with Gasteiger partial charge in [-0.05, 0) is 42.3 Å². The fourth-order valence-electron chi connectivity index (χ4n) is 3.36. The lowest BCUT2D eigenvalue weighted by Crippen LogP contribution is -2.23. The van der Waals surface area contributed by atoms with Crippen molar-refractivity contribution in [2.75, 3.05) is 20.8 Å². The topological polar surface area (TPSA) is 75.0 Å². The van der Waals surface area contributed by atoms with Gasteiger partial charge in [0, 0.05) is 0 Å². The number of thiazole rings is 1. The Labute approximate surface area is 189 Å². The van der Waals surface area contributed by atoms with E-state index in [1.54, 1.807) is 14.2 Å². The number of para-hydroxylation sites is 1. The molecule has 7 nitrogen and oxygen atoms in total. The zero-order chi connectivity index (χ0) is 22.5. The monoisotopic (exact) mass is 451 g/mol. The summed E-state index contributed by atoms with van der Waals surface area (Å²) in [5.41, 5.74) is 1.38. The standard InChI is InChI=1S/C24H25N3O4S/c1-4-5-8-13-31-19-12-11-16(14-20(19)30-3)15-21-23(28)27-24(32-21)25-22(26-27)17-9-6-7-10-18(17)29-2/h6-7,9-12,14-15H,4-5,8,13H2,1-3H3/b21-15+. The number of hydrogen-bond donors (Lipinski definition) is 0. The van der Waals surface area contributed by atoms with E-state index in [0.717, 1.165) is 30.4 Å². The van der Waals surface area contributed by atoms with E-state index in [-0.39, 0.29) is 5.56 Å². The van der Waals surface area contributed by atoms with Crippen LogP contribution in [-0.4, -0.2) is 35.4 Å². The molecule has 4 aromatic rings. The smallest absolute Gasteiger partial charge is 0.291 e. The molecule has 0 unspecified atom stereocenters. The number of nitrogens with zero attached hydrogens (tertiary/aromatic N) is 3. The van der Waals surface area contributed by atoms with Crippen LogP contribution in [0.2, 0.25) is 0 Å². The summed E-state index contributed by atoms with van der Waals surface area (Å²) in [5, 5.41) is 4.41. The van der Waals surface area contributed by atoms with Crippen LogP contribution in [0.15, 0.2) is 47.3 Å². The predicted molar refractivity (Wildman–Crippen MR) is 126 cm³/mol. The summed E-state index contributed by atoms with van der Waals surface area (Å²) < 4.78 is 18.6. The van der Waals surface area contributed by atoms with Crippen LogP contribution in [0.25, 0.3) is 22.4 Å². The molecule has 0 radical (unpaired) electrons. The molecule has 0 atom stereocenters. The summed E-state index contributed by atoms with van der Waals surface area (Å²) in [4.78, 5) is 18.0. The molecule has 32 heavy (non-hydrogen) atoms. The van der Waals surface area contributed by atoms with Crippen LogP contribution in [0, 0.1) is 0 Å². The molecule has 0 bridgehead atoms. The lowest BCUT2D eigenvalue weighted by Gasteiger charge is -2.11. The lowest BCUT2D eigenvalue weighted by atomic mass is 10.2. The number of hydrogen-bond acceptors (Lipinski definition) is 7. The second kappa shape index (κ2) is 9.82. The quantitative estimate of drug-likeness (QED) is 0.359. The maximum atomic E-state index is 12.9. The van der Waals surface area contributed by atoms with E-state index in [0.29, 0.717) is 39.2 Å². The Balaban J connectivity index is 1.64. The molecule has 0 saturated heterocycles. The van der Waals surface area contributed by atoms with Gasteiger partial charge < -0.3 is 14.2 Å². The van der Waals surface area contributed by atoms with E-state index < -0.39 is 0 Å².